The summed E-state index contributed by atoms with van der Waals surface area (Å²) in [5.74, 6) is 0. The van der Waals surface area contributed by atoms with E-state index in [1.165, 1.54) is 24.3 Å². The molecule has 114 valence electrons. The van der Waals surface area contributed by atoms with Crippen molar-refractivity contribution in [2.75, 3.05) is 0 Å². The fourth-order valence-electron chi connectivity index (χ4n) is 2.22. The second-order valence-corrected chi connectivity index (χ2v) is 5.34. The minimum absolute atomic E-state index is 0.0132. The average Bonchev–Trinajstić information content (AvgIpc) is 2.57. The lowest BCUT2D eigenvalue weighted by Crippen LogP contribution is -2.16. The normalized spacial score (nSPS) is 17.0. The summed E-state index contributed by atoms with van der Waals surface area (Å²) in [6.07, 6.45) is 0.872. The van der Waals surface area contributed by atoms with Crippen LogP contribution in [0.1, 0.15) is 17.2 Å². The van der Waals surface area contributed by atoms with Gasteiger partial charge >= 0.3 is 0 Å². The number of azo groups is 1. The zero-order valence-electron chi connectivity index (χ0n) is 11.8. The summed E-state index contributed by atoms with van der Waals surface area (Å²) in [6, 6.07) is 13.1. The summed E-state index contributed by atoms with van der Waals surface area (Å²) in [4.78, 5) is 10.4. The van der Waals surface area contributed by atoms with Crippen molar-refractivity contribution in [1.82, 2.24) is 0 Å². The lowest BCUT2D eigenvalue weighted by atomic mass is 9.93. The van der Waals surface area contributed by atoms with Gasteiger partial charge in [0.15, 0.2) is 0 Å². The molecule has 0 aromatic heterocycles. The van der Waals surface area contributed by atoms with E-state index >= 15 is 0 Å². The van der Waals surface area contributed by atoms with Gasteiger partial charge in [-0.25, -0.2) is 0 Å². The van der Waals surface area contributed by atoms with E-state index in [9.17, 15) is 15.2 Å². The first-order valence-corrected chi connectivity index (χ1v) is 7.16. The molecule has 0 saturated carbocycles. The number of rotatable bonds is 3. The number of hydrogen-bond donors (Lipinski definition) is 1. The Kier molecular flexibility index (Phi) is 4.05. The third-order valence-corrected chi connectivity index (χ3v) is 3.85. The van der Waals surface area contributed by atoms with Crippen molar-refractivity contribution < 1.29 is 10.0 Å². The van der Waals surface area contributed by atoms with Crippen LogP contribution in [0.4, 0.5) is 11.4 Å². The highest BCUT2D eigenvalue weighted by Crippen LogP contribution is 2.31. The van der Waals surface area contributed by atoms with Gasteiger partial charge in [-0.05, 0) is 29.3 Å². The highest BCUT2D eigenvalue weighted by molar-refractivity contribution is 7.81. The van der Waals surface area contributed by atoms with Gasteiger partial charge in [0.05, 0.1) is 15.5 Å². The van der Waals surface area contributed by atoms with Crippen LogP contribution in [0.25, 0.3) is 6.08 Å². The number of nitro groups is 1. The van der Waals surface area contributed by atoms with Gasteiger partial charge in [-0.3, -0.25) is 10.1 Å². The summed E-state index contributed by atoms with van der Waals surface area (Å²) in [6.45, 7) is 0. The maximum absolute atomic E-state index is 10.6. The Balaban J connectivity index is 1.89. The Labute approximate surface area is 137 Å². The number of hydrogen-bond acceptors (Lipinski definition) is 6. The number of benzene rings is 2. The van der Waals surface area contributed by atoms with Gasteiger partial charge in [0.25, 0.3) is 5.69 Å². The maximum atomic E-state index is 10.6. The van der Waals surface area contributed by atoms with Crippen molar-refractivity contribution in [2.45, 2.75) is 6.10 Å². The molecule has 0 spiro atoms. The molecule has 23 heavy (non-hydrogen) atoms. The zero-order chi connectivity index (χ0) is 16.4. The quantitative estimate of drug-likeness (QED) is 0.397. The van der Waals surface area contributed by atoms with Crippen LogP contribution in [0.15, 0.2) is 64.5 Å². The number of aliphatic hydroxyl groups is 1. The van der Waals surface area contributed by atoms with Crippen molar-refractivity contribution in [1.29, 1.82) is 0 Å². The second-order valence-electron chi connectivity index (χ2n) is 4.90. The van der Waals surface area contributed by atoms with Crippen LogP contribution in [0.2, 0.25) is 0 Å². The van der Waals surface area contributed by atoms with Crippen molar-refractivity contribution >= 4 is 34.5 Å². The van der Waals surface area contributed by atoms with E-state index in [4.69, 9.17) is 12.2 Å². The number of nitrogens with zero attached hydrogens (tertiary/aromatic N) is 3. The molecular formula is C16H11N3O3S. The molecule has 1 aliphatic rings. The van der Waals surface area contributed by atoms with Crippen molar-refractivity contribution in [3.63, 3.8) is 0 Å². The van der Waals surface area contributed by atoms with Crippen LogP contribution in [-0.2, 0) is 0 Å². The molecule has 0 fully saturated rings. The molecule has 7 heteroatoms. The Morgan fingerprint density at radius 2 is 1.78 bits per heavy atom. The molecule has 0 saturated heterocycles. The SMILES string of the molecule is O=[N+]([O-])c1ccc(N=NC2=Cc3ccccc3C(O)C2=S)cc1. The summed E-state index contributed by atoms with van der Waals surface area (Å²) >= 11 is 5.24. The maximum Gasteiger partial charge on any atom is 0.269 e. The summed E-state index contributed by atoms with van der Waals surface area (Å²) in [5.41, 5.74) is 2.44. The smallest absolute Gasteiger partial charge is 0.269 e. The van der Waals surface area contributed by atoms with Crippen molar-refractivity contribution in [3.05, 3.63) is 75.5 Å². The van der Waals surface area contributed by atoms with E-state index in [1.54, 1.807) is 6.08 Å². The topological polar surface area (TPSA) is 88.1 Å². The van der Waals surface area contributed by atoms with Crippen LogP contribution in [0.5, 0.6) is 0 Å². The average molecular weight is 325 g/mol. The Bertz CT molecular complexity index is 844. The molecule has 0 bridgehead atoms. The Morgan fingerprint density at radius 3 is 2.48 bits per heavy atom. The molecule has 0 amide bonds. The van der Waals surface area contributed by atoms with Crippen LogP contribution < -0.4 is 0 Å². The predicted octanol–water partition coefficient (Wildman–Crippen LogP) is 4.14. The molecule has 1 unspecified atom stereocenters. The van der Waals surface area contributed by atoms with Gasteiger partial charge < -0.3 is 5.11 Å². The zero-order valence-corrected chi connectivity index (χ0v) is 12.6. The predicted molar refractivity (Wildman–Crippen MR) is 89.6 cm³/mol. The molecule has 1 N–H and O–H groups in total. The highest BCUT2D eigenvalue weighted by Gasteiger charge is 2.24. The molecule has 0 heterocycles. The second kappa shape index (κ2) is 6.15. The van der Waals surface area contributed by atoms with E-state index in [0.717, 1.165) is 11.1 Å². The third kappa shape index (κ3) is 3.05. The fraction of sp³-hybridized carbons (Fsp3) is 0.0625. The molecule has 3 rings (SSSR count). The number of aliphatic hydroxyl groups excluding tert-OH is 1. The number of fused-ring (bicyclic) bond motifs is 1. The summed E-state index contributed by atoms with van der Waals surface area (Å²) in [5, 5.41) is 28.9. The number of non-ortho nitro benzene ring substituents is 1. The van der Waals surface area contributed by atoms with Crippen molar-refractivity contribution in [2.24, 2.45) is 10.2 Å². The standard InChI is InChI=1S/C16H11N3O3S/c20-15-13-4-2-1-3-10(13)9-14(16(15)23)18-17-11-5-7-12(8-6-11)19(21)22/h1-9,15,20H. The minimum atomic E-state index is -0.892. The fourth-order valence-corrected chi connectivity index (χ4v) is 2.45. The van der Waals surface area contributed by atoms with Crippen LogP contribution in [-0.4, -0.2) is 14.9 Å². The number of nitro benzene ring substituents is 1. The van der Waals surface area contributed by atoms with E-state index < -0.39 is 11.0 Å². The van der Waals surface area contributed by atoms with Gasteiger partial charge in [0.1, 0.15) is 11.8 Å². The first kappa shape index (κ1) is 15.1. The molecule has 0 aliphatic heterocycles. The van der Waals surface area contributed by atoms with Crippen LogP contribution in [0.3, 0.4) is 0 Å². The number of thiocarbonyl (C=S) groups is 1. The van der Waals surface area contributed by atoms with Gasteiger partial charge in [0.2, 0.25) is 0 Å². The third-order valence-electron chi connectivity index (χ3n) is 3.42. The molecule has 0 radical (unpaired) electrons. The van der Waals surface area contributed by atoms with E-state index in [0.29, 0.717) is 16.2 Å². The van der Waals surface area contributed by atoms with Crippen molar-refractivity contribution in [3.8, 4) is 0 Å². The van der Waals surface area contributed by atoms with Crippen LogP contribution >= 0.6 is 12.2 Å². The monoisotopic (exact) mass is 325 g/mol. The highest BCUT2D eigenvalue weighted by atomic mass is 32.1. The first-order chi connectivity index (χ1) is 11.1. The Hall–Kier alpha value is -2.77. The molecule has 1 aliphatic carbocycles. The first-order valence-electron chi connectivity index (χ1n) is 6.75. The van der Waals surface area contributed by atoms with Crippen LogP contribution in [0, 0.1) is 10.1 Å². The largest absolute Gasteiger partial charge is 0.383 e. The van der Waals surface area contributed by atoms with Gasteiger partial charge in [0, 0.05) is 12.1 Å². The molecule has 2 aromatic carbocycles. The lowest BCUT2D eigenvalue weighted by molar-refractivity contribution is -0.384. The molecular weight excluding hydrogens is 314 g/mol. The molecule has 6 nitrogen and oxygen atoms in total. The van der Waals surface area contributed by atoms with Gasteiger partial charge in [-0.1, -0.05) is 36.5 Å². The minimum Gasteiger partial charge on any atom is -0.383 e. The lowest BCUT2D eigenvalue weighted by Gasteiger charge is -2.19. The van der Waals surface area contributed by atoms with E-state index in [-0.39, 0.29) is 5.69 Å². The molecule has 1 atom stereocenters. The summed E-state index contributed by atoms with van der Waals surface area (Å²) in [7, 11) is 0. The Morgan fingerprint density at radius 1 is 1.09 bits per heavy atom. The van der Waals surface area contributed by atoms with E-state index in [2.05, 4.69) is 10.2 Å². The summed E-state index contributed by atoms with van der Waals surface area (Å²) < 4.78 is 0. The van der Waals surface area contributed by atoms with Gasteiger partial charge in [-0.15, -0.1) is 5.11 Å². The molecule has 2 aromatic rings. The van der Waals surface area contributed by atoms with Gasteiger partial charge in [-0.2, -0.15) is 5.11 Å². The van der Waals surface area contributed by atoms with E-state index in [1.807, 2.05) is 24.3 Å².